The number of aromatic nitrogens is 2. The van der Waals surface area contributed by atoms with Gasteiger partial charge in [-0.1, -0.05) is 38.6 Å². The van der Waals surface area contributed by atoms with E-state index in [1.54, 1.807) is 6.92 Å². The van der Waals surface area contributed by atoms with E-state index in [1.807, 2.05) is 49.4 Å². The van der Waals surface area contributed by atoms with Gasteiger partial charge in [0.1, 0.15) is 43.7 Å². The van der Waals surface area contributed by atoms with Crippen molar-refractivity contribution >= 4 is 40.4 Å². The quantitative estimate of drug-likeness (QED) is 0.0443. The summed E-state index contributed by atoms with van der Waals surface area (Å²) in [6.45, 7) is 11.6. The van der Waals surface area contributed by atoms with E-state index in [0.717, 1.165) is 16.5 Å². The summed E-state index contributed by atoms with van der Waals surface area (Å²) in [6.07, 6.45) is 9.86. The molecule has 2 aromatic rings. The first-order chi connectivity index (χ1) is 19.7. The van der Waals surface area contributed by atoms with Crippen molar-refractivity contribution in [3.63, 3.8) is 0 Å². The Balaban J connectivity index is 1.49. The predicted molar refractivity (Wildman–Crippen MR) is 157 cm³/mol. The third kappa shape index (κ3) is 6.56. The van der Waals surface area contributed by atoms with Gasteiger partial charge in [0.05, 0.1) is 35.0 Å². The summed E-state index contributed by atoms with van der Waals surface area (Å²) in [6, 6.07) is 5.62. The molecule has 0 spiro atoms. The molecule has 1 fully saturated rings. The summed E-state index contributed by atoms with van der Waals surface area (Å²) in [5, 5.41) is 0. The number of hydrogen-bond donors (Lipinski definition) is 0. The molecule has 4 atom stereocenters. The third-order valence-electron chi connectivity index (χ3n) is 7.42. The Morgan fingerprint density at radius 1 is 1.22 bits per heavy atom. The van der Waals surface area contributed by atoms with E-state index in [2.05, 4.69) is 46.4 Å². The van der Waals surface area contributed by atoms with E-state index in [4.69, 9.17) is 19.2 Å². The summed E-state index contributed by atoms with van der Waals surface area (Å²) in [7, 11) is 1.99. The van der Waals surface area contributed by atoms with Gasteiger partial charge in [-0.3, -0.25) is 9.68 Å². The second-order valence-corrected chi connectivity index (χ2v) is 11.3. The monoisotopic (exact) mass is 676 g/mol. The number of rotatable bonds is 14. The number of amides is 1. The Hall–Kier alpha value is -3.45. The molecule has 0 saturated carbocycles. The van der Waals surface area contributed by atoms with Gasteiger partial charge in [-0.2, -0.15) is 4.89 Å². The number of benzene rings is 1. The molecule has 10 nitrogen and oxygen atoms in total. The van der Waals surface area contributed by atoms with Gasteiger partial charge in [0.15, 0.2) is 0 Å². The highest BCUT2D eigenvalue weighted by molar-refractivity contribution is 14.1. The average molecular weight is 677 g/mol. The largest absolute Gasteiger partial charge is 0.488 e. The fraction of sp³-hybridized carbons (Fsp3) is 0.400. The van der Waals surface area contributed by atoms with Crippen LogP contribution in [0.1, 0.15) is 19.4 Å². The van der Waals surface area contributed by atoms with Gasteiger partial charge in [0.2, 0.25) is 12.2 Å². The van der Waals surface area contributed by atoms with Crippen LogP contribution in [0.25, 0.3) is 0 Å². The zero-order chi connectivity index (χ0) is 29.7. The number of halogens is 1. The molecule has 0 radical (unpaired) electrons. The van der Waals surface area contributed by atoms with Crippen molar-refractivity contribution in [2.75, 3.05) is 19.8 Å². The van der Waals surface area contributed by atoms with Crippen molar-refractivity contribution in [2.45, 2.75) is 32.9 Å². The Morgan fingerprint density at radius 3 is 2.63 bits per heavy atom. The highest BCUT2D eigenvalue weighted by atomic mass is 127. The fourth-order valence-electron chi connectivity index (χ4n) is 5.27. The normalized spacial score (nSPS) is 20.2. The molecule has 3 heterocycles. The molecule has 11 heteroatoms. The molecule has 4 rings (SSSR count). The maximum atomic E-state index is 13.3. The number of aryl methyl sites for hydroxylation is 3. The van der Waals surface area contributed by atoms with Gasteiger partial charge < -0.3 is 14.4 Å². The molecule has 1 aromatic carbocycles. The highest BCUT2D eigenvalue weighted by Gasteiger charge is 2.61. The van der Waals surface area contributed by atoms with Gasteiger partial charge in [0, 0.05) is 17.9 Å². The minimum absolute atomic E-state index is 0.00494. The summed E-state index contributed by atoms with van der Waals surface area (Å²) < 4.78 is 16.6. The van der Waals surface area contributed by atoms with Gasteiger partial charge in [-0.05, 0) is 40.3 Å². The maximum absolute atomic E-state index is 13.3. The van der Waals surface area contributed by atoms with Crippen molar-refractivity contribution in [3.8, 4) is 5.75 Å². The van der Waals surface area contributed by atoms with E-state index in [-0.39, 0.29) is 37.3 Å². The maximum Gasteiger partial charge on any atom is 0.355 e. The van der Waals surface area contributed by atoms with Crippen LogP contribution in [-0.2, 0) is 48.9 Å². The molecule has 0 bridgehead atoms. The third-order valence-corrected chi connectivity index (χ3v) is 8.26. The van der Waals surface area contributed by atoms with Crippen LogP contribution in [0.5, 0.6) is 5.75 Å². The van der Waals surface area contributed by atoms with E-state index in [9.17, 15) is 14.4 Å². The Labute approximate surface area is 253 Å². The lowest BCUT2D eigenvalue weighted by Gasteiger charge is -2.47. The van der Waals surface area contributed by atoms with Gasteiger partial charge in [0.25, 0.3) is 0 Å². The standard InChI is InChI=1S/C30H35IN3O7/c1-6-14-38-30(37)27-22(19(3)26-25(28(35)34(26)27)20(4)29(36)41-40-15-7-2)17-39-24-9-8-21(16-23(24)31)10-11-33-13-12-32(5)18-33/h6-9,12-13,16,18-20,25-26H,1-2,10-11,14-15,17H2,3-5H3/q+1/t19-,20?,25?,26?/m0/s1. The van der Waals surface area contributed by atoms with E-state index in [0.29, 0.717) is 11.3 Å². The van der Waals surface area contributed by atoms with Crippen LogP contribution in [-0.4, -0.2) is 53.2 Å². The molecular formula is C30H35IN3O7+. The minimum atomic E-state index is -0.774. The van der Waals surface area contributed by atoms with Crippen LogP contribution < -0.4 is 9.30 Å². The lowest BCUT2D eigenvalue weighted by Crippen LogP contribution is -2.63. The van der Waals surface area contributed by atoms with E-state index in [1.165, 1.54) is 22.6 Å². The molecule has 2 aliphatic heterocycles. The highest BCUT2D eigenvalue weighted by Crippen LogP contribution is 2.49. The summed E-state index contributed by atoms with van der Waals surface area (Å²) >= 11 is 2.24. The number of nitrogens with zero attached hydrogens (tertiary/aromatic N) is 3. The van der Waals surface area contributed by atoms with Gasteiger partial charge >= 0.3 is 11.9 Å². The number of carbonyl (C=O) groups is 3. The van der Waals surface area contributed by atoms with Crippen molar-refractivity contribution in [1.29, 1.82) is 0 Å². The molecule has 2 aliphatic rings. The molecule has 1 aromatic heterocycles. The Morgan fingerprint density at radius 2 is 1.98 bits per heavy atom. The van der Waals surface area contributed by atoms with Crippen LogP contribution in [0.3, 0.4) is 0 Å². The van der Waals surface area contributed by atoms with E-state index < -0.39 is 29.8 Å². The molecule has 3 unspecified atom stereocenters. The Kier molecular flexibility index (Phi) is 10.0. The fourth-order valence-corrected chi connectivity index (χ4v) is 6.01. The topological polar surface area (TPSA) is 100 Å². The summed E-state index contributed by atoms with van der Waals surface area (Å²) in [5.74, 6) is -2.65. The lowest BCUT2D eigenvalue weighted by atomic mass is 9.74. The van der Waals surface area contributed by atoms with Crippen LogP contribution in [0.2, 0.25) is 0 Å². The number of imidazole rings is 1. The number of β-lactam (4-membered cyclic amide) rings is 1. The lowest BCUT2D eigenvalue weighted by molar-refractivity contribution is -0.671. The second-order valence-electron chi connectivity index (χ2n) is 10.2. The zero-order valence-electron chi connectivity index (χ0n) is 23.5. The molecular weight excluding hydrogens is 641 g/mol. The first-order valence-corrected chi connectivity index (χ1v) is 14.5. The second kappa shape index (κ2) is 13.5. The van der Waals surface area contributed by atoms with Crippen molar-refractivity contribution in [3.05, 3.63) is 82.6 Å². The van der Waals surface area contributed by atoms with Crippen LogP contribution in [0.15, 0.2) is 73.5 Å². The average Bonchev–Trinajstić information content (AvgIpc) is 3.48. The minimum Gasteiger partial charge on any atom is -0.488 e. The molecule has 218 valence electrons. The van der Waals surface area contributed by atoms with Crippen LogP contribution >= 0.6 is 22.6 Å². The smallest absolute Gasteiger partial charge is 0.355 e. The molecule has 0 aliphatic carbocycles. The Bertz CT molecular complexity index is 1370. The summed E-state index contributed by atoms with van der Waals surface area (Å²) in [4.78, 5) is 50.0. The van der Waals surface area contributed by atoms with Crippen LogP contribution in [0.4, 0.5) is 0 Å². The van der Waals surface area contributed by atoms with Gasteiger partial charge in [-0.25, -0.2) is 18.7 Å². The molecule has 1 amide bonds. The molecule has 0 N–H and O–H groups in total. The number of esters is 1. The zero-order valence-corrected chi connectivity index (χ0v) is 25.6. The first kappa shape index (κ1) is 30.5. The number of hydrogen-bond acceptors (Lipinski definition) is 7. The molecule has 1 saturated heterocycles. The first-order valence-electron chi connectivity index (χ1n) is 13.4. The SMILES string of the molecule is C=CCOOC(=O)C(C)C1C(=O)N2C(C(=O)OCC=C)=C(COc3ccc(CCn4cc[n+](C)c4)cc3I)[C@H](C)C12. The van der Waals surface area contributed by atoms with Crippen molar-refractivity contribution in [1.82, 2.24) is 9.47 Å². The number of fused-ring (bicyclic) bond motifs is 1. The number of ether oxygens (including phenoxy) is 2. The van der Waals surface area contributed by atoms with Crippen molar-refractivity contribution < 1.29 is 38.2 Å². The van der Waals surface area contributed by atoms with Gasteiger partial charge in [-0.15, -0.1) is 6.58 Å². The number of carbonyl (C=O) groups excluding carboxylic acids is 3. The van der Waals surface area contributed by atoms with Crippen molar-refractivity contribution in [2.24, 2.45) is 24.8 Å². The molecule has 41 heavy (non-hydrogen) atoms. The summed E-state index contributed by atoms with van der Waals surface area (Å²) in [5.41, 5.74) is 1.99. The predicted octanol–water partition coefficient (Wildman–Crippen LogP) is 3.30. The van der Waals surface area contributed by atoms with Crippen LogP contribution in [0, 0.1) is 21.3 Å². The van der Waals surface area contributed by atoms with E-state index >= 15 is 0 Å².